The van der Waals surface area contributed by atoms with Crippen molar-refractivity contribution in [2.75, 3.05) is 6.61 Å². The number of hydrogen-bond donors (Lipinski definition) is 0. The summed E-state index contributed by atoms with van der Waals surface area (Å²) in [5, 5.41) is 0. The normalized spacial score (nSPS) is 11.6. The standard InChI is InChI=1S/C35H29O3S3/c1-3-38-35(37)34(36)26-11-13-28(14-12-26)40-30-17-23-33(24-18-30)41(31-19-9-25(2)10-20-31)32-21-15-29(16-22-32)39-27-7-5-4-6-8-27/h4-24H,3H2,1-2H3/q+1. The van der Waals surface area contributed by atoms with Gasteiger partial charge in [-0.25, -0.2) is 4.79 Å². The highest BCUT2D eigenvalue weighted by atomic mass is 32.2. The Bertz CT molecular complexity index is 1600. The number of rotatable bonds is 10. The van der Waals surface area contributed by atoms with Gasteiger partial charge >= 0.3 is 5.97 Å². The van der Waals surface area contributed by atoms with Crippen LogP contribution in [-0.4, -0.2) is 18.4 Å². The van der Waals surface area contributed by atoms with Crippen LogP contribution in [0.25, 0.3) is 0 Å². The Morgan fingerprint density at radius 1 is 0.585 bits per heavy atom. The first-order valence-electron chi connectivity index (χ1n) is 13.2. The third-order valence-corrected chi connectivity index (χ3v) is 10.4. The molecule has 0 heterocycles. The van der Waals surface area contributed by atoms with Crippen molar-refractivity contribution in [2.24, 2.45) is 0 Å². The van der Waals surface area contributed by atoms with Crippen molar-refractivity contribution in [3.05, 3.63) is 139 Å². The van der Waals surface area contributed by atoms with Gasteiger partial charge in [0.05, 0.1) is 17.5 Å². The fourth-order valence-electron chi connectivity index (χ4n) is 4.12. The molecule has 0 aliphatic carbocycles. The number of ether oxygens (including phenoxy) is 1. The van der Waals surface area contributed by atoms with E-state index in [-0.39, 0.29) is 17.5 Å². The first kappa shape index (κ1) is 28.8. The van der Waals surface area contributed by atoms with E-state index < -0.39 is 11.8 Å². The van der Waals surface area contributed by atoms with E-state index >= 15 is 0 Å². The molecule has 0 aliphatic rings. The highest BCUT2D eigenvalue weighted by Crippen LogP contribution is 2.36. The van der Waals surface area contributed by atoms with Crippen molar-refractivity contribution in [2.45, 2.75) is 48.1 Å². The monoisotopic (exact) mass is 593 g/mol. The van der Waals surface area contributed by atoms with Crippen LogP contribution in [0.1, 0.15) is 22.8 Å². The zero-order valence-electron chi connectivity index (χ0n) is 22.8. The minimum Gasteiger partial charge on any atom is -0.460 e. The maximum absolute atomic E-state index is 12.2. The third-order valence-electron chi connectivity index (χ3n) is 6.17. The first-order valence-corrected chi connectivity index (χ1v) is 16.1. The smallest absolute Gasteiger partial charge is 0.379 e. The maximum Gasteiger partial charge on any atom is 0.379 e. The highest BCUT2D eigenvalue weighted by molar-refractivity contribution is 7.99. The molecular weight excluding hydrogens is 565 g/mol. The number of aryl methyl sites for hydroxylation is 1. The SMILES string of the molecule is CCOC(=O)C(=O)c1ccc(Sc2ccc([S+](c3ccc(C)cc3)c3ccc(Sc4ccccc4)cc3)cc2)cc1. The Morgan fingerprint density at radius 3 is 1.46 bits per heavy atom. The van der Waals surface area contributed by atoms with E-state index in [1.165, 1.54) is 30.0 Å². The van der Waals surface area contributed by atoms with Gasteiger partial charge in [0.25, 0.3) is 5.78 Å². The molecule has 0 fully saturated rings. The summed E-state index contributed by atoms with van der Waals surface area (Å²) in [5.41, 5.74) is 1.58. The van der Waals surface area contributed by atoms with Crippen molar-refractivity contribution in [1.82, 2.24) is 0 Å². The molecule has 0 aliphatic heterocycles. The second kappa shape index (κ2) is 13.8. The van der Waals surface area contributed by atoms with E-state index in [1.54, 1.807) is 42.6 Å². The van der Waals surface area contributed by atoms with Gasteiger partial charge in [0.1, 0.15) is 0 Å². The number of ketones is 1. The van der Waals surface area contributed by atoms with Crippen LogP contribution in [0.4, 0.5) is 0 Å². The molecule has 0 saturated heterocycles. The van der Waals surface area contributed by atoms with Gasteiger partial charge in [0, 0.05) is 25.1 Å². The molecule has 0 radical (unpaired) electrons. The topological polar surface area (TPSA) is 43.4 Å². The zero-order valence-corrected chi connectivity index (χ0v) is 25.2. The summed E-state index contributed by atoms with van der Waals surface area (Å²) in [6.45, 7) is 3.98. The number of Topliss-reactive ketones (excluding diaryl/α,β-unsaturated/α-hetero) is 1. The Labute approximate surface area is 252 Å². The molecule has 0 aromatic heterocycles. The van der Waals surface area contributed by atoms with Crippen molar-refractivity contribution in [3.8, 4) is 0 Å². The maximum atomic E-state index is 12.2. The molecule has 5 aromatic carbocycles. The average Bonchev–Trinajstić information content (AvgIpc) is 3.01. The molecule has 204 valence electrons. The average molecular weight is 594 g/mol. The fourth-order valence-corrected chi connectivity index (χ4v) is 7.81. The lowest BCUT2D eigenvalue weighted by molar-refractivity contribution is -0.137. The molecular formula is C35H29O3S3+. The van der Waals surface area contributed by atoms with Crippen LogP contribution in [0.5, 0.6) is 0 Å². The van der Waals surface area contributed by atoms with Gasteiger partial charge in [-0.2, -0.15) is 0 Å². The van der Waals surface area contributed by atoms with Crippen LogP contribution in [-0.2, 0) is 20.4 Å². The van der Waals surface area contributed by atoms with Crippen LogP contribution >= 0.6 is 23.5 Å². The molecule has 5 aromatic rings. The van der Waals surface area contributed by atoms with Crippen molar-refractivity contribution in [3.63, 3.8) is 0 Å². The van der Waals surface area contributed by atoms with E-state index in [0.717, 1.165) is 9.79 Å². The first-order chi connectivity index (χ1) is 20.0. The molecule has 3 nitrogen and oxygen atoms in total. The van der Waals surface area contributed by atoms with Crippen molar-refractivity contribution in [1.29, 1.82) is 0 Å². The van der Waals surface area contributed by atoms with Crippen molar-refractivity contribution < 1.29 is 14.3 Å². The molecule has 1 unspecified atom stereocenters. The van der Waals surface area contributed by atoms with Crippen LogP contribution in [0.2, 0.25) is 0 Å². The largest absolute Gasteiger partial charge is 0.460 e. The number of esters is 1. The third kappa shape index (κ3) is 7.53. The predicted octanol–water partition coefficient (Wildman–Crippen LogP) is 9.14. The summed E-state index contributed by atoms with van der Waals surface area (Å²) in [6.07, 6.45) is 0. The Kier molecular flexibility index (Phi) is 9.67. The molecule has 6 heteroatoms. The minimum atomic E-state index is -0.822. The molecule has 0 N–H and O–H groups in total. The number of hydrogen-bond acceptors (Lipinski definition) is 5. The molecule has 0 spiro atoms. The Balaban J connectivity index is 1.35. The van der Waals surface area contributed by atoms with Crippen LogP contribution in [0, 0.1) is 6.92 Å². The fraction of sp³-hybridized carbons (Fsp3) is 0.0857. The van der Waals surface area contributed by atoms with Gasteiger partial charge in [0.2, 0.25) is 0 Å². The van der Waals surface area contributed by atoms with Gasteiger partial charge in [-0.1, -0.05) is 59.4 Å². The van der Waals surface area contributed by atoms with Crippen molar-refractivity contribution >= 4 is 46.2 Å². The van der Waals surface area contributed by atoms with Gasteiger partial charge in [-0.15, -0.1) is 0 Å². The predicted molar refractivity (Wildman–Crippen MR) is 168 cm³/mol. The Hall–Kier alpha value is -3.71. The number of carbonyl (C=O) groups excluding carboxylic acids is 2. The highest BCUT2D eigenvalue weighted by Gasteiger charge is 2.28. The van der Waals surface area contributed by atoms with Gasteiger partial charge in [0.15, 0.2) is 14.7 Å². The molecule has 5 rings (SSSR count). The van der Waals surface area contributed by atoms with Gasteiger partial charge in [-0.3, -0.25) is 4.79 Å². The van der Waals surface area contributed by atoms with E-state index in [9.17, 15) is 9.59 Å². The molecule has 0 saturated carbocycles. The van der Waals surface area contributed by atoms with Gasteiger partial charge < -0.3 is 4.74 Å². The quantitative estimate of drug-likeness (QED) is 0.0699. The van der Waals surface area contributed by atoms with E-state index in [1.807, 2.05) is 18.2 Å². The summed E-state index contributed by atoms with van der Waals surface area (Å²) < 4.78 is 4.82. The second-order valence-electron chi connectivity index (χ2n) is 9.15. The summed E-state index contributed by atoms with van der Waals surface area (Å²) in [6, 6.07) is 43.9. The van der Waals surface area contributed by atoms with E-state index in [4.69, 9.17) is 4.74 Å². The molecule has 1 atom stereocenters. The summed E-state index contributed by atoms with van der Waals surface area (Å²) >= 11 is 3.39. The summed E-state index contributed by atoms with van der Waals surface area (Å²) in [5.74, 6) is -1.44. The summed E-state index contributed by atoms with van der Waals surface area (Å²) in [7, 11) is -0.247. The molecule has 41 heavy (non-hydrogen) atoms. The van der Waals surface area contributed by atoms with E-state index in [2.05, 4.69) is 104 Å². The van der Waals surface area contributed by atoms with E-state index in [0.29, 0.717) is 5.56 Å². The molecule has 0 amide bonds. The molecule has 0 bridgehead atoms. The van der Waals surface area contributed by atoms with Crippen LogP contribution in [0.3, 0.4) is 0 Å². The lowest BCUT2D eigenvalue weighted by atomic mass is 10.1. The zero-order chi connectivity index (χ0) is 28.6. The lowest BCUT2D eigenvalue weighted by Crippen LogP contribution is -2.17. The second-order valence-corrected chi connectivity index (χ2v) is 13.5. The minimum absolute atomic E-state index is 0.179. The number of carbonyl (C=O) groups is 2. The van der Waals surface area contributed by atoms with Crippen LogP contribution < -0.4 is 0 Å². The lowest BCUT2D eigenvalue weighted by Gasteiger charge is -2.10. The van der Waals surface area contributed by atoms with Gasteiger partial charge in [-0.05, 0) is 111 Å². The Morgan fingerprint density at radius 2 is 1.00 bits per heavy atom. The van der Waals surface area contributed by atoms with Crippen LogP contribution in [0.15, 0.2) is 162 Å². The summed E-state index contributed by atoms with van der Waals surface area (Å²) in [4.78, 5) is 32.2. The number of benzene rings is 5.